The van der Waals surface area contributed by atoms with Crippen LogP contribution in [-0.4, -0.2) is 6.47 Å². The third-order valence-electron chi connectivity index (χ3n) is 4.84. The fourth-order valence-corrected chi connectivity index (χ4v) is 3.65. The van der Waals surface area contributed by atoms with Crippen molar-refractivity contribution in [3.63, 3.8) is 0 Å². The van der Waals surface area contributed by atoms with Crippen molar-refractivity contribution in [3.8, 4) is 5.75 Å². The molecule has 2 nitrogen and oxygen atoms in total. The van der Waals surface area contributed by atoms with E-state index in [0.717, 1.165) is 16.2 Å². The third-order valence-corrected chi connectivity index (χ3v) is 4.84. The van der Waals surface area contributed by atoms with E-state index < -0.39 is 0 Å². The van der Waals surface area contributed by atoms with E-state index in [4.69, 9.17) is 4.74 Å². The molecule has 0 aromatic heterocycles. The molecule has 0 unspecified atom stereocenters. The highest BCUT2D eigenvalue weighted by Gasteiger charge is 2.08. The first-order valence-electron chi connectivity index (χ1n) is 8.22. The second-order valence-corrected chi connectivity index (χ2v) is 6.25. The number of carbonyl (C=O) groups is 1. The lowest BCUT2D eigenvalue weighted by atomic mass is 9.96. The van der Waals surface area contributed by atoms with Crippen molar-refractivity contribution in [3.05, 3.63) is 78.9 Å². The largest absolute Gasteiger partial charge is 0.428 e. The maximum absolute atomic E-state index is 10.8. The van der Waals surface area contributed by atoms with Gasteiger partial charge in [0.1, 0.15) is 5.75 Å². The van der Waals surface area contributed by atoms with Crippen molar-refractivity contribution in [2.75, 3.05) is 0 Å². The van der Waals surface area contributed by atoms with Crippen molar-refractivity contribution >= 4 is 49.6 Å². The smallest absolute Gasteiger partial charge is 0.298 e. The molecule has 0 saturated carbocycles. The van der Waals surface area contributed by atoms with Crippen LogP contribution in [0.15, 0.2) is 78.9 Å². The molecule has 0 aliphatic rings. The van der Waals surface area contributed by atoms with Crippen molar-refractivity contribution in [2.24, 2.45) is 0 Å². The lowest BCUT2D eigenvalue weighted by Gasteiger charge is -2.10. The van der Waals surface area contributed by atoms with Crippen LogP contribution in [0.25, 0.3) is 43.1 Å². The molecule has 0 heterocycles. The highest BCUT2D eigenvalue weighted by atomic mass is 16.5. The van der Waals surface area contributed by atoms with Gasteiger partial charge in [0.05, 0.1) is 0 Å². The molecular weight excluding hydrogens is 308 g/mol. The summed E-state index contributed by atoms with van der Waals surface area (Å²) in [7, 11) is 0. The van der Waals surface area contributed by atoms with E-state index in [1.807, 2.05) is 18.2 Å². The maximum Gasteiger partial charge on any atom is 0.298 e. The van der Waals surface area contributed by atoms with E-state index in [9.17, 15) is 4.79 Å². The summed E-state index contributed by atoms with van der Waals surface area (Å²) < 4.78 is 5.17. The molecule has 0 N–H and O–H groups in total. The van der Waals surface area contributed by atoms with Gasteiger partial charge in [0.2, 0.25) is 0 Å². The van der Waals surface area contributed by atoms with Gasteiger partial charge in [0, 0.05) is 5.39 Å². The van der Waals surface area contributed by atoms with E-state index in [1.165, 1.54) is 26.9 Å². The molecule has 5 aromatic rings. The number of hydrogen-bond acceptors (Lipinski definition) is 2. The monoisotopic (exact) mass is 322 g/mol. The Labute approximate surface area is 144 Å². The SMILES string of the molecule is O=COc1cccc2cc3ccc4cc5ccccc5cc4c3cc12. The van der Waals surface area contributed by atoms with Gasteiger partial charge in [-0.15, -0.1) is 0 Å². The summed E-state index contributed by atoms with van der Waals surface area (Å²) in [5.74, 6) is 0.590. The summed E-state index contributed by atoms with van der Waals surface area (Å²) in [6.45, 7) is 0.482. The van der Waals surface area contributed by atoms with Gasteiger partial charge in [-0.1, -0.05) is 48.5 Å². The summed E-state index contributed by atoms with van der Waals surface area (Å²) in [6.07, 6.45) is 0. The number of fused-ring (bicyclic) bond motifs is 5. The Morgan fingerprint density at radius 3 is 1.92 bits per heavy atom. The Balaban J connectivity index is 1.94. The second kappa shape index (κ2) is 5.32. The number of benzene rings is 5. The van der Waals surface area contributed by atoms with E-state index in [1.54, 1.807) is 0 Å². The minimum absolute atomic E-state index is 0.482. The van der Waals surface area contributed by atoms with Gasteiger partial charge in [-0.2, -0.15) is 0 Å². The van der Waals surface area contributed by atoms with E-state index >= 15 is 0 Å². The standard InChI is InChI=1S/C23H14O2/c24-14-25-23-7-3-6-17-11-19-9-8-18-10-15-4-1-2-5-16(15)12-20(18)21(19)13-22(17)23/h1-14H. The van der Waals surface area contributed by atoms with E-state index in [0.29, 0.717) is 12.2 Å². The first kappa shape index (κ1) is 14.0. The molecule has 0 aliphatic heterocycles. The average molecular weight is 322 g/mol. The molecule has 0 radical (unpaired) electrons. The van der Waals surface area contributed by atoms with Crippen LogP contribution in [0.1, 0.15) is 0 Å². The van der Waals surface area contributed by atoms with Crippen LogP contribution in [0.5, 0.6) is 5.75 Å². The molecule has 5 aromatic carbocycles. The first-order chi connectivity index (χ1) is 12.3. The lowest BCUT2D eigenvalue weighted by molar-refractivity contribution is -0.120. The van der Waals surface area contributed by atoms with Crippen LogP contribution in [-0.2, 0) is 4.79 Å². The minimum Gasteiger partial charge on any atom is -0.428 e. The molecule has 0 fully saturated rings. The first-order valence-corrected chi connectivity index (χ1v) is 8.22. The number of carbonyl (C=O) groups excluding carboxylic acids is 1. The topological polar surface area (TPSA) is 26.3 Å². The normalized spacial score (nSPS) is 11.4. The maximum atomic E-state index is 10.8. The molecule has 0 amide bonds. The molecule has 0 bridgehead atoms. The summed E-state index contributed by atoms with van der Waals surface area (Å²) in [5.41, 5.74) is 0. The Morgan fingerprint density at radius 1 is 0.560 bits per heavy atom. The Hall–Kier alpha value is -3.39. The Bertz CT molecular complexity index is 1290. The van der Waals surface area contributed by atoms with Gasteiger partial charge in [-0.25, -0.2) is 0 Å². The zero-order valence-electron chi connectivity index (χ0n) is 13.4. The highest BCUT2D eigenvalue weighted by molar-refractivity contribution is 6.15. The third kappa shape index (κ3) is 2.15. The van der Waals surface area contributed by atoms with Crippen LogP contribution in [0.3, 0.4) is 0 Å². The summed E-state index contributed by atoms with van der Waals surface area (Å²) >= 11 is 0. The van der Waals surface area contributed by atoms with Crippen LogP contribution < -0.4 is 4.74 Å². The van der Waals surface area contributed by atoms with E-state index in [2.05, 4.69) is 60.7 Å². The fourth-order valence-electron chi connectivity index (χ4n) is 3.65. The van der Waals surface area contributed by atoms with Crippen LogP contribution in [0.2, 0.25) is 0 Å². The number of rotatable bonds is 2. The second-order valence-electron chi connectivity index (χ2n) is 6.25. The number of hydrogen-bond donors (Lipinski definition) is 0. The van der Waals surface area contributed by atoms with E-state index in [-0.39, 0.29) is 0 Å². The lowest BCUT2D eigenvalue weighted by Crippen LogP contribution is -1.90. The molecule has 0 aliphatic carbocycles. The molecule has 25 heavy (non-hydrogen) atoms. The molecule has 0 saturated heterocycles. The molecule has 0 atom stereocenters. The van der Waals surface area contributed by atoms with Gasteiger partial charge >= 0.3 is 0 Å². The van der Waals surface area contributed by atoms with Gasteiger partial charge < -0.3 is 4.74 Å². The minimum atomic E-state index is 0.482. The van der Waals surface area contributed by atoms with Crippen molar-refractivity contribution in [1.29, 1.82) is 0 Å². The molecule has 0 spiro atoms. The molecule has 2 heteroatoms. The summed E-state index contributed by atoms with van der Waals surface area (Å²) in [6, 6.07) is 27.2. The van der Waals surface area contributed by atoms with Crippen molar-refractivity contribution < 1.29 is 9.53 Å². The van der Waals surface area contributed by atoms with Crippen molar-refractivity contribution in [1.82, 2.24) is 0 Å². The summed E-state index contributed by atoms with van der Waals surface area (Å²) in [4.78, 5) is 10.8. The van der Waals surface area contributed by atoms with Crippen LogP contribution >= 0.6 is 0 Å². The quantitative estimate of drug-likeness (QED) is 0.232. The summed E-state index contributed by atoms with van der Waals surface area (Å²) in [5, 5.41) is 9.23. The fraction of sp³-hybridized carbons (Fsp3) is 0. The zero-order chi connectivity index (χ0) is 16.8. The van der Waals surface area contributed by atoms with Gasteiger partial charge in [0.15, 0.2) is 0 Å². The molecule has 5 rings (SSSR count). The van der Waals surface area contributed by atoms with Gasteiger partial charge in [-0.05, 0) is 68.0 Å². The predicted octanol–water partition coefficient (Wildman–Crippen LogP) is 5.83. The van der Waals surface area contributed by atoms with Gasteiger partial charge in [0.25, 0.3) is 6.47 Å². The highest BCUT2D eigenvalue weighted by Crippen LogP contribution is 2.35. The molecular formula is C23H14O2. The van der Waals surface area contributed by atoms with Crippen molar-refractivity contribution in [2.45, 2.75) is 0 Å². The predicted molar refractivity (Wildman–Crippen MR) is 103 cm³/mol. The Kier molecular flexibility index (Phi) is 2.98. The average Bonchev–Trinajstić information content (AvgIpc) is 2.65. The number of ether oxygens (including phenoxy) is 1. The Morgan fingerprint density at radius 2 is 1.16 bits per heavy atom. The van der Waals surface area contributed by atoms with Gasteiger partial charge in [-0.3, -0.25) is 4.79 Å². The van der Waals surface area contributed by atoms with Crippen LogP contribution in [0.4, 0.5) is 0 Å². The zero-order valence-corrected chi connectivity index (χ0v) is 13.4. The molecule has 118 valence electrons. The van der Waals surface area contributed by atoms with Crippen LogP contribution in [0, 0.1) is 0 Å².